The van der Waals surface area contributed by atoms with E-state index in [9.17, 15) is 14.4 Å². The molecule has 0 saturated carbocycles. The third kappa shape index (κ3) is 4.47. The van der Waals surface area contributed by atoms with Crippen molar-refractivity contribution in [2.24, 2.45) is 5.92 Å². The highest BCUT2D eigenvalue weighted by Gasteiger charge is 2.40. The molecule has 1 aromatic carbocycles. The number of rotatable bonds is 6. The molecule has 0 spiro atoms. The average molecular weight is 334 g/mol. The van der Waals surface area contributed by atoms with Crippen molar-refractivity contribution in [3.63, 3.8) is 0 Å². The smallest absolute Gasteiger partial charge is 0.317 e. The van der Waals surface area contributed by atoms with Crippen LogP contribution in [0.1, 0.15) is 24.3 Å². The second-order valence-corrected chi connectivity index (χ2v) is 5.78. The van der Waals surface area contributed by atoms with Crippen molar-refractivity contribution < 1.29 is 24.2 Å². The number of urea groups is 1. The fraction of sp³-hybridized carbons (Fsp3) is 0.471. The number of nitrogens with zero attached hydrogens (tertiary/aromatic N) is 1. The molecule has 1 heterocycles. The largest absolute Gasteiger partial charge is 0.481 e. The van der Waals surface area contributed by atoms with Crippen LogP contribution in [0.3, 0.4) is 0 Å². The molecule has 1 fully saturated rings. The van der Waals surface area contributed by atoms with Gasteiger partial charge in [-0.15, -0.1) is 0 Å². The van der Waals surface area contributed by atoms with Gasteiger partial charge in [0.2, 0.25) is 0 Å². The summed E-state index contributed by atoms with van der Waals surface area (Å²) in [5.74, 6) is -1.73. The molecular weight excluding hydrogens is 312 g/mol. The molecule has 2 unspecified atom stereocenters. The van der Waals surface area contributed by atoms with E-state index in [-0.39, 0.29) is 30.9 Å². The number of hydrogen-bond donors (Lipinski definition) is 2. The van der Waals surface area contributed by atoms with Gasteiger partial charge in [0, 0.05) is 32.0 Å². The fourth-order valence-electron chi connectivity index (χ4n) is 2.94. The zero-order valence-corrected chi connectivity index (χ0v) is 13.6. The number of likely N-dealkylation sites (tertiary alicyclic amines) is 1. The Morgan fingerprint density at radius 2 is 1.96 bits per heavy atom. The topological polar surface area (TPSA) is 95.9 Å². The van der Waals surface area contributed by atoms with E-state index in [1.54, 1.807) is 4.90 Å². The summed E-state index contributed by atoms with van der Waals surface area (Å²) in [7, 11) is 1.35. The Morgan fingerprint density at radius 3 is 2.58 bits per heavy atom. The first-order chi connectivity index (χ1) is 11.5. The summed E-state index contributed by atoms with van der Waals surface area (Å²) in [5, 5.41) is 11.3. The minimum atomic E-state index is -0.889. The Balaban J connectivity index is 1.99. The summed E-state index contributed by atoms with van der Waals surface area (Å²) in [4.78, 5) is 36.4. The Hall–Kier alpha value is -2.57. The van der Waals surface area contributed by atoms with Crippen LogP contribution in [0.15, 0.2) is 30.3 Å². The average Bonchev–Trinajstić information content (AvgIpc) is 3.04. The van der Waals surface area contributed by atoms with E-state index in [2.05, 4.69) is 5.32 Å². The summed E-state index contributed by atoms with van der Waals surface area (Å²) in [6.07, 6.45) is 0.384. The van der Waals surface area contributed by atoms with Gasteiger partial charge in [-0.05, 0) is 12.0 Å². The lowest BCUT2D eigenvalue weighted by Gasteiger charge is -2.17. The number of carboxylic acids is 1. The minimum Gasteiger partial charge on any atom is -0.481 e. The molecule has 2 atom stereocenters. The normalized spacial score (nSPS) is 19.8. The van der Waals surface area contributed by atoms with Crippen molar-refractivity contribution in [2.75, 3.05) is 26.7 Å². The summed E-state index contributed by atoms with van der Waals surface area (Å²) in [6, 6.07) is 9.30. The molecule has 0 aromatic heterocycles. The van der Waals surface area contributed by atoms with E-state index >= 15 is 0 Å². The second kappa shape index (κ2) is 8.33. The first-order valence-corrected chi connectivity index (χ1v) is 7.90. The van der Waals surface area contributed by atoms with E-state index in [1.165, 1.54) is 7.11 Å². The van der Waals surface area contributed by atoms with Crippen molar-refractivity contribution in [3.05, 3.63) is 35.9 Å². The van der Waals surface area contributed by atoms with Crippen molar-refractivity contribution in [1.82, 2.24) is 10.2 Å². The highest BCUT2D eigenvalue weighted by molar-refractivity contribution is 5.79. The minimum absolute atomic E-state index is 0.0116. The summed E-state index contributed by atoms with van der Waals surface area (Å²) >= 11 is 0. The van der Waals surface area contributed by atoms with Crippen LogP contribution in [0.4, 0.5) is 4.79 Å². The summed E-state index contributed by atoms with van der Waals surface area (Å²) < 4.78 is 4.88. The zero-order valence-electron chi connectivity index (χ0n) is 13.6. The molecule has 1 aromatic rings. The number of carboxylic acid groups (broad SMARTS) is 1. The number of hydrogen-bond acceptors (Lipinski definition) is 4. The highest BCUT2D eigenvalue weighted by Crippen LogP contribution is 2.33. The number of benzene rings is 1. The van der Waals surface area contributed by atoms with Gasteiger partial charge in [0.05, 0.1) is 13.0 Å². The number of amides is 2. The Bertz CT molecular complexity index is 590. The van der Waals surface area contributed by atoms with Gasteiger partial charge in [0.15, 0.2) is 0 Å². The molecule has 1 aliphatic rings. The lowest BCUT2D eigenvalue weighted by atomic mass is 9.89. The maximum absolute atomic E-state index is 12.2. The molecule has 0 bridgehead atoms. The maximum atomic E-state index is 12.2. The van der Waals surface area contributed by atoms with Crippen molar-refractivity contribution in [3.8, 4) is 0 Å². The van der Waals surface area contributed by atoms with Gasteiger partial charge < -0.3 is 20.1 Å². The maximum Gasteiger partial charge on any atom is 0.317 e. The van der Waals surface area contributed by atoms with Crippen molar-refractivity contribution in [1.29, 1.82) is 0 Å². The van der Waals surface area contributed by atoms with Crippen LogP contribution in [-0.2, 0) is 14.3 Å². The van der Waals surface area contributed by atoms with Gasteiger partial charge in [-0.3, -0.25) is 9.59 Å². The predicted octanol–water partition coefficient (Wildman–Crippen LogP) is 1.45. The van der Waals surface area contributed by atoms with E-state index < -0.39 is 11.9 Å². The van der Waals surface area contributed by atoms with E-state index in [4.69, 9.17) is 9.84 Å². The molecule has 1 aliphatic heterocycles. The van der Waals surface area contributed by atoms with E-state index in [1.807, 2.05) is 30.3 Å². The first kappa shape index (κ1) is 17.8. The van der Waals surface area contributed by atoms with Crippen LogP contribution < -0.4 is 5.32 Å². The standard InChI is InChI=1S/C17H22N2O5/c1-24-16(22)14-11-19(17(23)18-9-5-8-15(20)21)10-13(14)12-6-3-2-4-7-12/h2-4,6-7,13-14H,5,8-11H2,1H3,(H,18,23)(H,20,21). The number of carbonyl (C=O) groups excluding carboxylic acids is 2. The Morgan fingerprint density at radius 1 is 1.25 bits per heavy atom. The van der Waals surface area contributed by atoms with Gasteiger partial charge in [-0.25, -0.2) is 4.79 Å². The quantitative estimate of drug-likeness (QED) is 0.606. The molecule has 0 aliphatic carbocycles. The number of carbonyl (C=O) groups is 3. The lowest BCUT2D eigenvalue weighted by Crippen LogP contribution is -2.39. The van der Waals surface area contributed by atoms with Crippen LogP contribution in [-0.4, -0.2) is 54.7 Å². The van der Waals surface area contributed by atoms with Gasteiger partial charge in [-0.2, -0.15) is 0 Å². The molecule has 7 nitrogen and oxygen atoms in total. The van der Waals surface area contributed by atoms with E-state index in [0.717, 1.165) is 5.56 Å². The molecule has 2 rings (SSSR count). The molecule has 1 saturated heterocycles. The monoisotopic (exact) mass is 334 g/mol. The van der Waals surface area contributed by atoms with Gasteiger partial charge in [0.25, 0.3) is 0 Å². The van der Waals surface area contributed by atoms with Crippen LogP contribution in [0.5, 0.6) is 0 Å². The number of aliphatic carboxylic acids is 1. The molecule has 2 N–H and O–H groups in total. The molecule has 7 heteroatoms. The predicted molar refractivity (Wildman–Crippen MR) is 86.5 cm³/mol. The summed E-state index contributed by atoms with van der Waals surface area (Å²) in [6.45, 7) is 1.01. The third-order valence-electron chi connectivity index (χ3n) is 4.18. The summed E-state index contributed by atoms with van der Waals surface area (Å²) in [5.41, 5.74) is 0.995. The van der Waals surface area contributed by atoms with Gasteiger partial charge in [-0.1, -0.05) is 30.3 Å². The zero-order chi connectivity index (χ0) is 17.5. The van der Waals surface area contributed by atoms with Crippen LogP contribution in [0.2, 0.25) is 0 Å². The number of nitrogens with one attached hydrogen (secondary N) is 1. The molecule has 2 amide bonds. The first-order valence-electron chi connectivity index (χ1n) is 7.90. The Labute approximate surface area is 140 Å². The second-order valence-electron chi connectivity index (χ2n) is 5.78. The number of esters is 1. The number of ether oxygens (including phenoxy) is 1. The fourth-order valence-corrected chi connectivity index (χ4v) is 2.94. The SMILES string of the molecule is COC(=O)C1CN(C(=O)NCCCC(=O)O)CC1c1ccccc1. The van der Waals surface area contributed by atoms with Crippen molar-refractivity contribution in [2.45, 2.75) is 18.8 Å². The highest BCUT2D eigenvalue weighted by atomic mass is 16.5. The molecule has 130 valence electrons. The Kier molecular flexibility index (Phi) is 6.17. The molecule has 0 radical (unpaired) electrons. The molecular formula is C17H22N2O5. The van der Waals surface area contributed by atoms with Crippen LogP contribution in [0, 0.1) is 5.92 Å². The third-order valence-corrected chi connectivity index (χ3v) is 4.18. The van der Waals surface area contributed by atoms with Crippen LogP contribution >= 0.6 is 0 Å². The lowest BCUT2D eigenvalue weighted by molar-refractivity contribution is -0.145. The van der Waals surface area contributed by atoms with Gasteiger partial charge >= 0.3 is 18.0 Å². The van der Waals surface area contributed by atoms with Gasteiger partial charge in [0.1, 0.15) is 0 Å². The number of methoxy groups -OCH3 is 1. The molecule has 24 heavy (non-hydrogen) atoms. The van der Waals surface area contributed by atoms with Crippen molar-refractivity contribution >= 4 is 18.0 Å². The van der Waals surface area contributed by atoms with E-state index in [0.29, 0.717) is 19.5 Å². The van der Waals surface area contributed by atoms with Crippen LogP contribution in [0.25, 0.3) is 0 Å².